The molecule has 0 saturated carbocycles. The second-order valence-corrected chi connectivity index (χ2v) is 5.37. The first-order valence-electron chi connectivity index (χ1n) is 7.47. The Kier molecular flexibility index (Phi) is 8.93. The first-order valence-corrected chi connectivity index (χ1v) is 7.47. The first kappa shape index (κ1) is 18.7. The van der Waals surface area contributed by atoms with E-state index >= 15 is 0 Å². The molecule has 0 saturated heterocycles. The minimum atomic E-state index is -0.397. The summed E-state index contributed by atoms with van der Waals surface area (Å²) in [5, 5.41) is 0. The lowest BCUT2D eigenvalue weighted by molar-refractivity contribution is -0.146. The number of ether oxygens (including phenoxy) is 2. The van der Waals surface area contributed by atoms with Crippen LogP contribution in [0.15, 0.2) is 11.1 Å². The first-order chi connectivity index (χ1) is 9.33. The van der Waals surface area contributed by atoms with Gasteiger partial charge in [-0.15, -0.1) is 0 Å². The van der Waals surface area contributed by atoms with Gasteiger partial charge in [0.2, 0.25) is 0 Å². The fourth-order valence-corrected chi connectivity index (χ4v) is 1.82. The zero-order valence-electron chi connectivity index (χ0n) is 13.6. The van der Waals surface area contributed by atoms with Crippen LogP contribution in [-0.4, -0.2) is 24.1 Å². The number of rotatable bonds is 8. The van der Waals surface area contributed by atoms with Crippen LogP contribution in [0.2, 0.25) is 0 Å². The maximum Gasteiger partial charge on any atom is 0.334 e. The Morgan fingerprint density at radius 3 is 1.25 bits per heavy atom. The summed E-state index contributed by atoms with van der Waals surface area (Å²) < 4.78 is 10.5. The molecule has 0 aromatic carbocycles. The van der Waals surface area contributed by atoms with Crippen LogP contribution in [0.25, 0.3) is 0 Å². The number of hydrogen-bond acceptors (Lipinski definition) is 4. The minimum absolute atomic E-state index is 0.196. The summed E-state index contributed by atoms with van der Waals surface area (Å²) in [7, 11) is 0. The molecule has 0 aliphatic rings. The standard InChI is InChI=1S/C16H28O4/c1-7-9-13(15(17)19-11(3)4)14(10-8-2)16(18)20-12(5)6/h11-12H,7-10H2,1-6H3/b14-13+. The van der Waals surface area contributed by atoms with Crippen molar-refractivity contribution in [2.24, 2.45) is 0 Å². The van der Waals surface area contributed by atoms with Gasteiger partial charge in [-0.3, -0.25) is 0 Å². The van der Waals surface area contributed by atoms with E-state index in [4.69, 9.17) is 9.47 Å². The average molecular weight is 284 g/mol. The Bertz CT molecular complexity index is 319. The fourth-order valence-electron chi connectivity index (χ4n) is 1.82. The molecule has 0 amide bonds. The van der Waals surface area contributed by atoms with E-state index in [0.29, 0.717) is 24.0 Å². The normalized spacial score (nSPS) is 12.4. The largest absolute Gasteiger partial charge is 0.460 e. The third-order valence-corrected chi connectivity index (χ3v) is 2.54. The van der Waals surface area contributed by atoms with E-state index in [9.17, 15) is 9.59 Å². The lowest BCUT2D eigenvalue weighted by atomic mass is 9.99. The predicted octanol–water partition coefficient (Wildman–Crippen LogP) is 3.79. The van der Waals surface area contributed by atoms with Gasteiger partial charge < -0.3 is 9.47 Å². The van der Waals surface area contributed by atoms with Crippen LogP contribution >= 0.6 is 0 Å². The van der Waals surface area contributed by atoms with Gasteiger partial charge in [-0.1, -0.05) is 26.7 Å². The van der Waals surface area contributed by atoms with Crippen molar-refractivity contribution in [3.8, 4) is 0 Å². The second kappa shape index (κ2) is 9.56. The number of carbonyl (C=O) groups excluding carboxylic acids is 2. The molecule has 0 aliphatic heterocycles. The summed E-state index contributed by atoms with van der Waals surface area (Å²) in [5.74, 6) is -0.794. The summed E-state index contributed by atoms with van der Waals surface area (Å²) in [4.78, 5) is 24.3. The fraction of sp³-hybridized carbons (Fsp3) is 0.750. The lowest BCUT2D eigenvalue weighted by Gasteiger charge is -2.16. The molecule has 116 valence electrons. The molecule has 0 aliphatic carbocycles. The van der Waals surface area contributed by atoms with Crippen LogP contribution in [0.3, 0.4) is 0 Å². The molecule has 0 spiro atoms. The molecule has 0 radical (unpaired) electrons. The summed E-state index contributed by atoms with van der Waals surface area (Å²) in [6.07, 6.45) is 2.24. The molecular formula is C16H28O4. The van der Waals surface area contributed by atoms with Crippen LogP contribution in [-0.2, 0) is 19.1 Å². The zero-order valence-corrected chi connectivity index (χ0v) is 13.6. The van der Waals surface area contributed by atoms with Crippen molar-refractivity contribution in [2.75, 3.05) is 0 Å². The molecule has 0 rings (SSSR count). The maximum atomic E-state index is 12.2. The Morgan fingerprint density at radius 1 is 0.750 bits per heavy atom. The van der Waals surface area contributed by atoms with Crippen LogP contribution in [0.5, 0.6) is 0 Å². The highest BCUT2D eigenvalue weighted by Crippen LogP contribution is 2.20. The molecule has 0 aromatic rings. The van der Waals surface area contributed by atoms with Crippen LogP contribution in [0.1, 0.15) is 67.2 Å². The molecular weight excluding hydrogens is 256 g/mol. The smallest absolute Gasteiger partial charge is 0.334 e. The van der Waals surface area contributed by atoms with E-state index in [1.54, 1.807) is 27.7 Å². The SMILES string of the molecule is CCC/C(C(=O)OC(C)C)=C(/CCC)C(=O)OC(C)C. The maximum absolute atomic E-state index is 12.2. The number of esters is 2. The average Bonchev–Trinajstić information content (AvgIpc) is 2.31. The Balaban J connectivity index is 5.40. The van der Waals surface area contributed by atoms with Gasteiger partial charge >= 0.3 is 11.9 Å². The Morgan fingerprint density at radius 2 is 1.05 bits per heavy atom. The van der Waals surface area contributed by atoms with Gasteiger partial charge in [-0.05, 0) is 40.5 Å². The van der Waals surface area contributed by atoms with Crippen molar-refractivity contribution in [1.29, 1.82) is 0 Å². The minimum Gasteiger partial charge on any atom is -0.460 e. The van der Waals surface area contributed by atoms with Crippen LogP contribution < -0.4 is 0 Å². The summed E-state index contributed by atoms with van der Waals surface area (Å²) in [5.41, 5.74) is 0.933. The topological polar surface area (TPSA) is 52.6 Å². The molecule has 0 heterocycles. The van der Waals surface area contributed by atoms with Crippen molar-refractivity contribution >= 4 is 11.9 Å². The van der Waals surface area contributed by atoms with Crippen molar-refractivity contribution in [2.45, 2.75) is 79.4 Å². The zero-order chi connectivity index (χ0) is 15.7. The molecule has 4 heteroatoms. The van der Waals surface area contributed by atoms with Gasteiger partial charge in [-0.2, -0.15) is 0 Å². The van der Waals surface area contributed by atoms with Gasteiger partial charge in [-0.25, -0.2) is 9.59 Å². The van der Waals surface area contributed by atoms with E-state index < -0.39 is 11.9 Å². The van der Waals surface area contributed by atoms with E-state index in [1.165, 1.54) is 0 Å². The third-order valence-electron chi connectivity index (χ3n) is 2.54. The van der Waals surface area contributed by atoms with Gasteiger partial charge in [0.15, 0.2) is 0 Å². The molecule has 0 aromatic heterocycles. The van der Waals surface area contributed by atoms with Crippen LogP contribution in [0.4, 0.5) is 0 Å². The highest BCUT2D eigenvalue weighted by Gasteiger charge is 2.23. The molecule has 0 N–H and O–H groups in total. The van der Waals surface area contributed by atoms with Gasteiger partial charge in [0.05, 0.1) is 12.2 Å². The molecule has 4 nitrogen and oxygen atoms in total. The molecule has 0 atom stereocenters. The highest BCUT2D eigenvalue weighted by molar-refractivity contribution is 6.00. The molecule has 0 fully saturated rings. The van der Waals surface area contributed by atoms with E-state index in [1.807, 2.05) is 13.8 Å². The molecule has 0 bridgehead atoms. The summed E-state index contributed by atoms with van der Waals surface area (Å²) in [6, 6.07) is 0. The Hall–Kier alpha value is -1.32. The summed E-state index contributed by atoms with van der Waals surface area (Å²) in [6.45, 7) is 11.1. The van der Waals surface area contributed by atoms with E-state index in [0.717, 1.165) is 12.8 Å². The Labute approximate surface area is 122 Å². The predicted molar refractivity (Wildman–Crippen MR) is 79.3 cm³/mol. The van der Waals surface area contributed by atoms with Crippen molar-refractivity contribution < 1.29 is 19.1 Å². The number of hydrogen-bond donors (Lipinski definition) is 0. The van der Waals surface area contributed by atoms with Gasteiger partial charge in [0.25, 0.3) is 0 Å². The van der Waals surface area contributed by atoms with Crippen molar-refractivity contribution in [3.63, 3.8) is 0 Å². The molecule has 0 unspecified atom stereocenters. The number of carbonyl (C=O) groups is 2. The molecule has 20 heavy (non-hydrogen) atoms. The van der Waals surface area contributed by atoms with Crippen molar-refractivity contribution in [1.82, 2.24) is 0 Å². The summed E-state index contributed by atoms with van der Waals surface area (Å²) >= 11 is 0. The monoisotopic (exact) mass is 284 g/mol. The van der Waals surface area contributed by atoms with E-state index in [-0.39, 0.29) is 12.2 Å². The van der Waals surface area contributed by atoms with E-state index in [2.05, 4.69) is 0 Å². The highest BCUT2D eigenvalue weighted by atomic mass is 16.5. The second-order valence-electron chi connectivity index (χ2n) is 5.37. The van der Waals surface area contributed by atoms with Crippen molar-refractivity contribution in [3.05, 3.63) is 11.1 Å². The third kappa shape index (κ3) is 6.73. The van der Waals surface area contributed by atoms with Gasteiger partial charge in [0, 0.05) is 11.1 Å². The lowest BCUT2D eigenvalue weighted by Crippen LogP contribution is -2.21. The van der Waals surface area contributed by atoms with Crippen LogP contribution in [0, 0.1) is 0 Å². The van der Waals surface area contributed by atoms with Gasteiger partial charge in [0.1, 0.15) is 0 Å². The quantitative estimate of drug-likeness (QED) is 0.502.